The summed E-state index contributed by atoms with van der Waals surface area (Å²) in [5, 5.41) is 2.95. The molecule has 0 unspecified atom stereocenters. The largest absolute Gasteiger partial charge is 0.379 e. The van der Waals surface area contributed by atoms with Crippen molar-refractivity contribution in [3.63, 3.8) is 0 Å². The predicted octanol–water partition coefficient (Wildman–Crippen LogP) is 1.76. The summed E-state index contributed by atoms with van der Waals surface area (Å²) in [7, 11) is 0. The highest BCUT2D eigenvalue weighted by atomic mass is 16.5. The van der Waals surface area contributed by atoms with Crippen molar-refractivity contribution in [2.45, 2.75) is 25.7 Å². The Labute approximate surface area is 155 Å². The Morgan fingerprint density at radius 1 is 0.885 bits per heavy atom. The molecule has 0 aromatic heterocycles. The lowest BCUT2D eigenvalue weighted by Crippen LogP contribution is -2.41. The summed E-state index contributed by atoms with van der Waals surface area (Å²) in [6.07, 6.45) is 4.56. The number of ether oxygens (including phenoxy) is 1. The first-order valence-electron chi connectivity index (χ1n) is 9.72. The van der Waals surface area contributed by atoms with Crippen LogP contribution in [0.15, 0.2) is 24.3 Å². The van der Waals surface area contributed by atoms with Crippen LogP contribution in [-0.4, -0.2) is 74.1 Å². The topological polar surface area (TPSA) is 61.9 Å². The zero-order valence-corrected chi connectivity index (χ0v) is 15.4. The van der Waals surface area contributed by atoms with Crippen LogP contribution in [0.3, 0.4) is 0 Å². The third-order valence-electron chi connectivity index (χ3n) is 5.10. The molecule has 2 heterocycles. The van der Waals surface area contributed by atoms with E-state index in [4.69, 9.17) is 4.74 Å². The van der Waals surface area contributed by atoms with Gasteiger partial charge in [-0.3, -0.25) is 14.5 Å². The molecule has 2 saturated heterocycles. The van der Waals surface area contributed by atoms with Gasteiger partial charge in [-0.15, -0.1) is 0 Å². The molecule has 0 aliphatic carbocycles. The Balaban J connectivity index is 1.48. The number of benzene rings is 1. The fraction of sp³-hybridized carbons (Fsp3) is 0.600. The summed E-state index contributed by atoms with van der Waals surface area (Å²) in [6.45, 7) is 6.49. The summed E-state index contributed by atoms with van der Waals surface area (Å²) < 4.78 is 5.32. The van der Waals surface area contributed by atoms with E-state index in [2.05, 4.69) is 10.2 Å². The number of morpholine rings is 1. The minimum atomic E-state index is -0.0907. The molecular formula is C20H29N3O3. The first-order chi connectivity index (χ1) is 12.7. The molecule has 1 N–H and O–H groups in total. The quantitative estimate of drug-likeness (QED) is 0.870. The fourth-order valence-corrected chi connectivity index (χ4v) is 3.47. The number of likely N-dealkylation sites (tertiary alicyclic amines) is 1. The number of carbonyl (C=O) groups excluding carboxylic acids is 2. The first kappa shape index (κ1) is 18.9. The minimum absolute atomic E-state index is 0.0752. The summed E-state index contributed by atoms with van der Waals surface area (Å²) in [4.78, 5) is 29.1. The predicted molar refractivity (Wildman–Crippen MR) is 100 cm³/mol. The zero-order chi connectivity index (χ0) is 18.2. The summed E-state index contributed by atoms with van der Waals surface area (Å²) in [5.41, 5.74) is 1.26. The van der Waals surface area contributed by atoms with Crippen molar-refractivity contribution in [3.8, 4) is 0 Å². The molecule has 0 bridgehead atoms. The molecule has 142 valence electrons. The van der Waals surface area contributed by atoms with E-state index in [1.165, 1.54) is 12.8 Å². The Kier molecular flexibility index (Phi) is 7.03. The number of rotatable bonds is 5. The van der Waals surface area contributed by atoms with Gasteiger partial charge in [-0.05, 0) is 37.1 Å². The lowest BCUT2D eigenvalue weighted by molar-refractivity contribution is 0.0383. The van der Waals surface area contributed by atoms with Crippen LogP contribution in [0.2, 0.25) is 0 Å². The van der Waals surface area contributed by atoms with Crippen LogP contribution in [0.1, 0.15) is 46.4 Å². The van der Waals surface area contributed by atoms with Crippen LogP contribution >= 0.6 is 0 Å². The third-order valence-corrected chi connectivity index (χ3v) is 5.10. The molecule has 2 aliphatic heterocycles. The highest BCUT2D eigenvalue weighted by Gasteiger charge is 2.17. The first-order valence-corrected chi connectivity index (χ1v) is 9.72. The molecule has 6 heteroatoms. The van der Waals surface area contributed by atoms with Gasteiger partial charge in [0.25, 0.3) is 11.8 Å². The van der Waals surface area contributed by atoms with Crippen molar-refractivity contribution >= 4 is 11.8 Å². The molecule has 0 atom stereocenters. The molecule has 2 aliphatic rings. The molecule has 2 amide bonds. The van der Waals surface area contributed by atoms with Crippen LogP contribution in [0.25, 0.3) is 0 Å². The van der Waals surface area contributed by atoms with Gasteiger partial charge in [0, 0.05) is 50.4 Å². The Hall–Kier alpha value is -1.92. The Bertz CT molecular complexity index is 589. The molecule has 0 saturated carbocycles. The van der Waals surface area contributed by atoms with E-state index in [1.807, 2.05) is 4.90 Å². The highest BCUT2D eigenvalue weighted by Crippen LogP contribution is 2.14. The SMILES string of the molecule is O=C(NCCN1CCOCC1)c1ccc(C(=O)N2CCCCCC2)cc1. The number of carbonyl (C=O) groups is 2. The number of hydrogen-bond donors (Lipinski definition) is 1. The zero-order valence-electron chi connectivity index (χ0n) is 15.4. The highest BCUT2D eigenvalue weighted by molar-refractivity contribution is 5.97. The van der Waals surface area contributed by atoms with Crippen molar-refractivity contribution in [1.29, 1.82) is 0 Å². The van der Waals surface area contributed by atoms with Crippen LogP contribution < -0.4 is 5.32 Å². The van der Waals surface area contributed by atoms with Crippen LogP contribution in [0, 0.1) is 0 Å². The van der Waals surface area contributed by atoms with E-state index in [-0.39, 0.29) is 11.8 Å². The van der Waals surface area contributed by atoms with Crippen molar-refractivity contribution in [2.75, 3.05) is 52.5 Å². The number of amides is 2. The Morgan fingerprint density at radius 3 is 2.15 bits per heavy atom. The Morgan fingerprint density at radius 2 is 1.50 bits per heavy atom. The van der Waals surface area contributed by atoms with Gasteiger partial charge < -0.3 is 15.0 Å². The monoisotopic (exact) mass is 359 g/mol. The number of nitrogens with one attached hydrogen (secondary N) is 1. The number of hydrogen-bond acceptors (Lipinski definition) is 4. The van der Waals surface area contributed by atoms with Crippen LogP contribution in [0.4, 0.5) is 0 Å². The van der Waals surface area contributed by atoms with Crippen LogP contribution in [-0.2, 0) is 4.74 Å². The van der Waals surface area contributed by atoms with Gasteiger partial charge >= 0.3 is 0 Å². The smallest absolute Gasteiger partial charge is 0.253 e. The van der Waals surface area contributed by atoms with Crippen molar-refractivity contribution < 1.29 is 14.3 Å². The van der Waals surface area contributed by atoms with Gasteiger partial charge in [-0.1, -0.05) is 12.8 Å². The van der Waals surface area contributed by atoms with Gasteiger partial charge in [0.1, 0.15) is 0 Å². The maximum Gasteiger partial charge on any atom is 0.253 e. The van der Waals surface area contributed by atoms with Crippen molar-refractivity contribution in [2.24, 2.45) is 0 Å². The van der Waals surface area contributed by atoms with Gasteiger partial charge in [-0.25, -0.2) is 0 Å². The maximum atomic E-state index is 12.6. The van der Waals surface area contributed by atoms with Gasteiger partial charge in [0.15, 0.2) is 0 Å². The van der Waals surface area contributed by atoms with Gasteiger partial charge in [0.2, 0.25) is 0 Å². The van der Waals surface area contributed by atoms with E-state index in [0.717, 1.165) is 58.8 Å². The lowest BCUT2D eigenvalue weighted by Gasteiger charge is -2.26. The molecular weight excluding hydrogens is 330 g/mol. The van der Waals surface area contributed by atoms with Gasteiger partial charge in [0.05, 0.1) is 13.2 Å². The molecule has 6 nitrogen and oxygen atoms in total. The lowest BCUT2D eigenvalue weighted by atomic mass is 10.1. The van der Waals surface area contributed by atoms with Gasteiger partial charge in [-0.2, -0.15) is 0 Å². The van der Waals surface area contributed by atoms with Crippen LogP contribution in [0.5, 0.6) is 0 Å². The van der Waals surface area contributed by atoms with Crippen molar-refractivity contribution in [1.82, 2.24) is 15.1 Å². The summed E-state index contributed by atoms with van der Waals surface area (Å²) in [6, 6.07) is 7.03. The standard InChI is InChI=1S/C20H29N3O3/c24-19(21-9-12-22-13-15-26-16-14-22)17-5-7-18(8-6-17)20(25)23-10-3-1-2-4-11-23/h5-8H,1-4,9-16H2,(H,21,24). The fourth-order valence-electron chi connectivity index (χ4n) is 3.47. The van der Waals surface area contributed by atoms with E-state index >= 15 is 0 Å². The molecule has 0 radical (unpaired) electrons. The molecule has 0 spiro atoms. The van der Waals surface area contributed by atoms with E-state index in [9.17, 15) is 9.59 Å². The third kappa shape index (κ3) is 5.29. The average Bonchev–Trinajstić information content (AvgIpc) is 2.98. The minimum Gasteiger partial charge on any atom is -0.379 e. The molecule has 3 rings (SSSR count). The van der Waals surface area contributed by atoms with E-state index < -0.39 is 0 Å². The summed E-state index contributed by atoms with van der Waals surface area (Å²) in [5.74, 6) is -0.0155. The maximum absolute atomic E-state index is 12.6. The summed E-state index contributed by atoms with van der Waals surface area (Å²) >= 11 is 0. The molecule has 2 fully saturated rings. The number of nitrogens with zero attached hydrogens (tertiary/aromatic N) is 2. The average molecular weight is 359 g/mol. The second-order valence-electron chi connectivity index (χ2n) is 6.99. The van der Waals surface area contributed by atoms with E-state index in [0.29, 0.717) is 17.7 Å². The van der Waals surface area contributed by atoms with Crippen molar-refractivity contribution in [3.05, 3.63) is 35.4 Å². The normalized spacial score (nSPS) is 19.0. The molecule has 26 heavy (non-hydrogen) atoms. The molecule has 1 aromatic rings. The second kappa shape index (κ2) is 9.69. The van der Waals surface area contributed by atoms with E-state index in [1.54, 1.807) is 24.3 Å². The second-order valence-corrected chi connectivity index (χ2v) is 6.99. The molecule has 1 aromatic carbocycles.